The minimum atomic E-state index is -0.420. The van der Waals surface area contributed by atoms with Crippen LogP contribution in [0.15, 0.2) is 78.0 Å². The highest BCUT2D eigenvalue weighted by molar-refractivity contribution is 8.00. The van der Waals surface area contributed by atoms with Crippen molar-refractivity contribution in [1.82, 2.24) is 4.98 Å². The second-order valence-corrected chi connectivity index (χ2v) is 6.89. The number of thioether (sulfide) groups is 1. The van der Waals surface area contributed by atoms with Gasteiger partial charge in [0.25, 0.3) is 0 Å². The van der Waals surface area contributed by atoms with Crippen LogP contribution in [0.4, 0.5) is 5.69 Å². The predicted molar refractivity (Wildman–Crippen MR) is 106 cm³/mol. The number of rotatable bonds is 6. The van der Waals surface area contributed by atoms with Gasteiger partial charge in [0, 0.05) is 6.20 Å². The van der Waals surface area contributed by atoms with Crippen molar-refractivity contribution in [3.63, 3.8) is 0 Å². The van der Waals surface area contributed by atoms with E-state index in [9.17, 15) is 4.79 Å². The standard InChI is InChI=1S/C21H20N2O2S/c1-15-11-12-18(25-2)17(14-15)23-21(24)20(16-8-4-3-5-9-16)26-19-10-6-7-13-22-19/h3-14,20H,1-2H3,(H,23,24)/t20-/m0/s1. The zero-order chi connectivity index (χ0) is 18.4. The van der Waals surface area contributed by atoms with Gasteiger partial charge < -0.3 is 10.1 Å². The van der Waals surface area contributed by atoms with Crippen LogP contribution in [0.1, 0.15) is 16.4 Å². The van der Waals surface area contributed by atoms with E-state index in [1.54, 1.807) is 13.3 Å². The third-order valence-electron chi connectivity index (χ3n) is 3.83. The first-order valence-electron chi connectivity index (χ1n) is 8.25. The van der Waals surface area contributed by atoms with Crippen LogP contribution < -0.4 is 10.1 Å². The summed E-state index contributed by atoms with van der Waals surface area (Å²) in [6.45, 7) is 1.98. The summed E-state index contributed by atoms with van der Waals surface area (Å²) in [5.41, 5.74) is 2.64. The molecule has 4 nitrogen and oxygen atoms in total. The lowest BCUT2D eigenvalue weighted by Crippen LogP contribution is -2.19. The fourth-order valence-corrected chi connectivity index (χ4v) is 3.54. The largest absolute Gasteiger partial charge is 0.495 e. The third kappa shape index (κ3) is 4.43. The summed E-state index contributed by atoms with van der Waals surface area (Å²) in [7, 11) is 1.59. The molecule has 0 spiro atoms. The molecule has 0 bridgehead atoms. The second-order valence-electron chi connectivity index (χ2n) is 5.77. The van der Waals surface area contributed by atoms with Crippen LogP contribution in [0.25, 0.3) is 0 Å². The Labute approximate surface area is 157 Å². The maximum Gasteiger partial charge on any atom is 0.242 e. The Kier molecular flexibility index (Phi) is 5.92. The van der Waals surface area contributed by atoms with E-state index in [0.29, 0.717) is 11.4 Å². The molecule has 5 heteroatoms. The summed E-state index contributed by atoms with van der Waals surface area (Å²) in [5.74, 6) is 0.523. The second kappa shape index (κ2) is 8.54. The molecule has 1 amide bonds. The fraction of sp³-hybridized carbons (Fsp3) is 0.143. The summed E-state index contributed by atoms with van der Waals surface area (Å²) in [6.07, 6.45) is 1.73. The molecule has 1 atom stereocenters. The molecular weight excluding hydrogens is 344 g/mol. The van der Waals surface area contributed by atoms with Crippen LogP contribution in [-0.4, -0.2) is 18.0 Å². The van der Waals surface area contributed by atoms with Crippen molar-refractivity contribution in [3.8, 4) is 5.75 Å². The van der Waals surface area contributed by atoms with E-state index in [1.807, 2.05) is 73.7 Å². The van der Waals surface area contributed by atoms with Crippen LogP contribution in [-0.2, 0) is 4.79 Å². The summed E-state index contributed by atoms with van der Waals surface area (Å²) in [5, 5.41) is 3.39. The lowest BCUT2D eigenvalue weighted by molar-refractivity contribution is -0.115. The molecule has 0 aliphatic carbocycles. The number of hydrogen-bond acceptors (Lipinski definition) is 4. The van der Waals surface area contributed by atoms with Crippen molar-refractivity contribution in [2.24, 2.45) is 0 Å². The number of nitrogens with zero attached hydrogens (tertiary/aromatic N) is 1. The molecule has 2 aromatic carbocycles. The lowest BCUT2D eigenvalue weighted by atomic mass is 10.1. The first-order valence-corrected chi connectivity index (χ1v) is 9.13. The lowest BCUT2D eigenvalue weighted by Gasteiger charge is -2.18. The predicted octanol–water partition coefficient (Wildman–Crippen LogP) is 4.87. The molecule has 1 N–H and O–H groups in total. The van der Waals surface area contributed by atoms with Gasteiger partial charge in [0.05, 0.1) is 17.8 Å². The first kappa shape index (κ1) is 18.0. The Bertz CT molecular complexity index is 870. The Morgan fingerprint density at radius 2 is 1.85 bits per heavy atom. The SMILES string of the molecule is COc1ccc(C)cc1NC(=O)[C@@H](Sc1ccccn1)c1ccccc1. The third-order valence-corrected chi connectivity index (χ3v) is 5.03. The molecule has 132 valence electrons. The number of carbonyl (C=O) groups is 1. The molecule has 26 heavy (non-hydrogen) atoms. The fourth-order valence-electron chi connectivity index (χ4n) is 2.56. The van der Waals surface area contributed by atoms with Crippen LogP contribution >= 0.6 is 11.8 Å². The highest BCUT2D eigenvalue weighted by atomic mass is 32.2. The van der Waals surface area contributed by atoms with Gasteiger partial charge in [-0.05, 0) is 42.3 Å². The number of hydrogen-bond donors (Lipinski definition) is 1. The maximum atomic E-state index is 13.1. The van der Waals surface area contributed by atoms with Crippen molar-refractivity contribution >= 4 is 23.4 Å². The Morgan fingerprint density at radius 3 is 2.54 bits per heavy atom. The number of methoxy groups -OCH3 is 1. The van der Waals surface area contributed by atoms with Gasteiger partial charge in [-0.3, -0.25) is 4.79 Å². The zero-order valence-corrected chi connectivity index (χ0v) is 15.5. The molecular formula is C21H20N2O2S. The molecule has 0 unspecified atom stereocenters. The summed E-state index contributed by atoms with van der Waals surface area (Å²) in [6, 6.07) is 21.1. The molecule has 1 heterocycles. The molecule has 0 fully saturated rings. The topological polar surface area (TPSA) is 51.2 Å². The normalized spacial score (nSPS) is 11.6. The molecule has 0 aliphatic rings. The first-order chi connectivity index (χ1) is 12.7. The summed E-state index contributed by atoms with van der Waals surface area (Å²) >= 11 is 1.42. The minimum Gasteiger partial charge on any atom is -0.495 e. The van der Waals surface area contributed by atoms with E-state index >= 15 is 0 Å². The van der Waals surface area contributed by atoms with Gasteiger partial charge >= 0.3 is 0 Å². The summed E-state index contributed by atoms with van der Waals surface area (Å²) in [4.78, 5) is 17.4. The Hall–Kier alpha value is -2.79. The van der Waals surface area contributed by atoms with Crippen molar-refractivity contribution in [2.45, 2.75) is 17.2 Å². The van der Waals surface area contributed by atoms with Gasteiger partial charge in [-0.2, -0.15) is 0 Å². The number of aromatic nitrogens is 1. The highest BCUT2D eigenvalue weighted by Crippen LogP contribution is 2.36. The molecule has 0 aliphatic heterocycles. The molecule has 0 saturated carbocycles. The van der Waals surface area contributed by atoms with E-state index < -0.39 is 5.25 Å². The van der Waals surface area contributed by atoms with E-state index in [4.69, 9.17) is 4.74 Å². The van der Waals surface area contributed by atoms with Gasteiger partial charge in [-0.15, -0.1) is 0 Å². The number of amides is 1. The average Bonchev–Trinajstić information content (AvgIpc) is 2.68. The quantitative estimate of drug-likeness (QED) is 0.634. The minimum absolute atomic E-state index is 0.115. The Balaban J connectivity index is 1.89. The van der Waals surface area contributed by atoms with Gasteiger partial charge in [0.1, 0.15) is 11.0 Å². The monoisotopic (exact) mass is 364 g/mol. The smallest absolute Gasteiger partial charge is 0.242 e. The van der Waals surface area contributed by atoms with Gasteiger partial charge in [-0.1, -0.05) is 54.2 Å². The average molecular weight is 364 g/mol. The van der Waals surface area contributed by atoms with Crippen LogP contribution in [0.3, 0.4) is 0 Å². The molecule has 3 aromatic rings. The van der Waals surface area contributed by atoms with E-state index in [0.717, 1.165) is 16.2 Å². The zero-order valence-electron chi connectivity index (χ0n) is 14.7. The van der Waals surface area contributed by atoms with Crippen LogP contribution in [0.5, 0.6) is 5.75 Å². The van der Waals surface area contributed by atoms with Gasteiger partial charge in [-0.25, -0.2) is 4.98 Å². The number of pyridine rings is 1. The number of aryl methyl sites for hydroxylation is 1. The van der Waals surface area contributed by atoms with E-state index in [1.165, 1.54) is 11.8 Å². The van der Waals surface area contributed by atoms with Gasteiger partial charge in [0.15, 0.2) is 0 Å². The number of carbonyl (C=O) groups excluding carboxylic acids is 1. The number of nitrogens with one attached hydrogen (secondary N) is 1. The van der Waals surface area contributed by atoms with Crippen LogP contribution in [0, 0.1) is 6.92 Å². The summed E-state index contributed by atoms with van der Waals surface area (Å²) < 4.78 is 5.37. The van der Waals surface area contributed by atoms with E-state index in [2.05, 4.69) is 10.3 Å². The molecule has 1 aromatic heterocycles. The highest BCUT2D eigenvalue weighted by Gasteiger charge is 2.23. The molecule has 0 saturated heterocycles. The number of benzene rings is 2. The number of anilines is 1. The van der Waals surface area contributed by atoms with Crippen molar-refractivity contribution in [1.29, 1.82) is 0 Å². The molecule has 3 rings (SSSR count). The maximum absolute atomic E-state index is 13.1. The van der Waals surface area contributed by atoms with Crippen molar-refractivity contribution < 1.29 is 9.53 Å². The van der Waals surface area contributed by atoms with Crippen molar-refractivity contribution in [3.05, 3.63) is 84.1 Å². The molecule has 0 radical (unpaired) electrons. The van der Waals surface area contributed by atoms with Gasteiger partial charge in [0.2, 0.25) is 5.91 Å². The van der Waals surface area contributed by atoms with Crippen LogP contribution in [0.2, 0.25) is 0 Å². The number of ether oxygens (including phenoxy) is 1. The van der Waals surface area contributed by atoms with Crippen molar-refractivity contribution in [2.75, 3.05) is 12.4 Å². The Morgan fingerprint density at radius 1 is 1.08 bits per heavy atom. The van der Waals surface area contributed by atoms with E-state index in [-0.39, 0.29) is 5.91 Å².